The zero-order valence-electron chi connectivity index (χ0n) is 21.3. The van der Waals surface area contributed by atoms with Gasteiger partial charge in [-0.05, 0) is 38.2 Å². The van der Waals surface area contributed by atoms with Gasteiger partial charge in [-0.25, -0.2) is 4.90 Å². The van der Waals surface area contributed by atoms with Gasteiger partial charge in [0.25, 0.3) is 0 Å². The third kappa shape index (κ3) is 5.80. The highest BCUT2D eigenvalue weighted by molar-refractivity contribution is 5.30. The topological polar surface area (TPSA) is 131 Å². The minimum absolute atomic E-state index is 0.00174. The number of benzene rings is 1. The summed E-state index contributed by atoms with van der Waals surface area (Å²) >= 11 is 0. The van der Waals surface area contributed by atoms with Gasteiger partial charge >= 0.3 is 0 Å². The summed E-state index contributed by atoms with van der Waals surface area (Å²) in [5.41, 5.74) is 7.44. The second-order valence-corrected chi connectivity index (χ2v) is 9.87. The number of aliphatic hydroxyl groups excluding tert-OH is 2. The molecule has 0 aliphatic carbocycles. The fraction of sp³-hybridized carbons (Fsp3) is 0.750. The van der Waals surface area contributed by atoms with Crippen LogP contribution < -0.4 is 26.4 Å². The van der Waals surface area contributed by atoms with E-state index in [1.165, 1.54) is 5.56 Å². The number of methoxy groups -OCH3 is 1. The Labute approximate surface area is 208 Å². The van der Waals surface area contributed by atoms with Crippen molar-refractivity contribution in [2.45, 2.75) is 62.8 Å². The maximum Gasteiger partial charge on any atom is 0.142 e. The van der Waals surface area contributed by atoms with E-state index in [1.807, 2.05) is 25.2 Å². The molecule has 3 aliphatic heterocycles. The van der Waals surface area contributed by atoms with Gasteiger partial charge in [0, 0.05) is 25.7 Å². The van der Waals surface area contributed by atoms with E-state index in [1.54, 1.807) is 7.11 Å². The second-order valence-electron chi connectivity index (χ2n) is 9.87. The lowest BCUT2D eigenvalue weighted by atomic mass is 10.1. The lowest BCUT2D eigenvalue weighted by Gasteiger charge is -2.45. The first-order valence-electron chi connectivity index (χ1n) is 12.6. The summed E-state index contributed by atoms with van der Waals surface area (Å²) in [4.78, 5) is 6.49. The Morgan fingerprint density at radius 3 is 2.83 bits per heavy atom. The molecule has 7 N–H and O–H groups in total. The average Bonchev–Trinajstić information content (AvgIpc) is 3.42. The number of fused-ring (bicyclic) bond motifs is 1. The molecule has 3 unspecified atom stereocenters. The summed E-state index contributed by atoms with van der Waals surface area (Å²) < 4.78 is 11.6. The molecule has 0 aromatic heterocycles. The van der Waals surface area contributed by atoms with Gasteiger partial charge in [-0.3, -0.25) is 15.5 Å². The summed E-state index contributed by atoms with van der Waals surface area (Å²) in [6.45, 7) is 8.38. The SMILES string of the molecule is CCN1CNC(N)C2NCN([C@@H]3O[C@H](CN(C)CCN[C@@H](C)c4cccc(OC)c4)[C@@H](O)[C@H]3O)C21. The minimum Gasteiger partial charge on any atom is -0.497 e. The molecule has 3 saturated heterocycles. The van der Waals surface area contributed by atoms with Gasteiger partial charge in [0.2, 0.25) is 0 Å². The molecule has 4 rings (SSSR count). The molecular weight excluding hydrogens is 450 g/mol. The van der Waals surface area contributed by atoms with E-state index < -0.39 is 24.5 Å². The van der Waals surface area contributed by atoms with Crippen molar-refractivity contribution in [2.75, 3.05) is 53.7 Å². The van der Waals surface area contributed by atoms with Crippen LogP contribution in [0.4, 0.5) is 0 Å². The standard InChI is InChI=1S/C24H43N7O4/c1-5-30-13-28-22(25)19-23(30)31(14-27-19)24-21(33)20(32)18(35-24)12-29(3)10-9-26-15(2)16-7-6-8-17(11-16)34-4/h6-8,11,15,18-24,26-28,32-33H,5,9-10,12-14,25H2,1-4H3/t15-,18+,19?,20+,21+,22?,23?,24+/m0/s1. The average molecular weight is 494 g/mol. The number of nitrogens with two attached hydrogens (primary N) is 1. The zero-order chi connectivity index (χ0) is 25.1. The Morgan fingerprint density at radius 1 is 1.29 bits per heavy atom. The van der Waals surface area contributed by atoms with Crippen molar-refractivity contribution in [1.29, 1.82) is 0 Å². The van der Waals surface area contributed by atoms with Gasteiger partial charge in [-0.1, -0.05) is 19.1 Å². The quantitative estimate of drug-likeness (QED) is 0.226. The molecule has 3 heterocycles. The third-order valence-electron chi connectivity index (χ3n) is 7.56. The van der Waals surface area contributed by atoms with E-state index in [2.05, 4.69) is 50.6 Å². The second kappa shape index (κ2) is 11.8. The van der Waals surface area contributed by atoms with E-state index in [0.717, 1.165) is 25.4 Å². The molecule has 3 aliphatic rings. The number of ether oxygens (including phenoxy) is 2. The molecule has 11 heteroatoms. The molecule has 1 aromatic carbocycles. The molecule has 1 aromatic rings. The Balaban J connectivity index is 1.28. The minimum atomic E-state index is -0.982. The van der Waals surface area contributed by atoms with Gasteiger partial charge in [0.15, 0.2) is 0 Å². The van der Waals surface area contributed by atoms with Crippen molar-refractivity contribution >= 4 is 0 Å². The first-order chi connectivity index (χ1) is 16.8. The van der Waals surface area contributed by atoms with Crippen LogP contribution in [0.1, 0.15) is 25.5 Å². The maximum absolute atomic E-state index is 10.9. The third-order valence-corrected chi connectivity index (χ3v) is 7.56. The van der Waals surface area contributed by atoms with Crippen LogP contribution in [0, 0.1) is 0 Å². The van der Waals surface area contributed by atoms with Gasteiger partial charge < -0.3 is 35.6 Å². The Morgan fingerprint density at radius 2 is 2.09 bits per heavy atom. The Hall–Kier alpha value is -1.38. The summed E-state index contributed by atoms with van der Waals surface area (Å²) in [6.07, 6.45) is -3.16. The van der Waals surface area contributed by atoms with Crippen molar-refractivity contribution in [3.05, 3.63) is 29.8 Å². The highest BCUT2D eigenvalue weighted by atomic mass is 16.6. The molecule has 0 saturated carbocycles. The monoisotopic (exact) mass is 493 g/mol. The summed E-state index contributed by atoms with van der Waals surface area (Å²) in [6, 6.07) is 8.27. The van der Waals surface area contributed by atoms with Crippen molar-refractivity contribution in [2.24, 2.45) is 5.73 Å². The van der Waals surface area contributed by atoms with Crippen LogP contribution in [0.25, 0.3) is 0 Å². The number of hydrogen-bond donors (Lipinski definition) is 6. The largest absolute Gasteiger partial charge is 0.497 e. The molecule has 0 amide bonds. The number of nitrogens with zero attached hydrogens (tertiary/aromatic N) is 3. The highest BCUT2D eigenvalue weighted by Gasteiger charge is 2.53. The molecular formula is C24H43N7O4. The fourth-order valence-corrected chi connectivity index (χ4v) is 5.40. The van der Waals surface area contributed by atoms with Crippen LogP contribution in [0.3, 0.4) is 0 Å². The molecule has 0 bridgehead atoms. The summed E-state index contributed by atoms with van der Waals surface area (Å²) in [5, 5.41) is 32.0. The molecule has 198 valence electrons. The van der Waals surface area contributed by atoms with Gasteiger partial charge in [-0.15, -0.1) is 0 Å². The zero-order valence-corrected chi connectivity index (χ0v) is 21.3. The van der Waals surface area contributed by atoms with Crippen molar-refractivity contribution in [3.8, 4) is 5.75 Å². The highest BCUT2D eigenvalue weighted by Crippen LogP contribution is 2.31. The van der Waals surface area contributed by atoms with Crippen LogP contribution >= 0.6 is 0 Å². The molecule has 0 radical (unpaired) electrons. The summed E-state index contributed by atoms with van der Waals surface area (Å²) in [7, 11) is 3.68. The lowest BCUT2D eigenvalue weighted by Crippen LogP contribution is -2.69. The molecule has 11 nitrogen and oxygen atoms in total. The van der Waals surface area contributed by atoms with E-state index in [9.17, 15) is 10.2 Å². The number of likely N-dealkylation sites (N-methyl/N-ethyl adjacent to an activating group) is 2. The smallest absolute Gasteiger partial charge is 0.142 e. The fourth-order valence-electron chi connectivity index (χ4n) is 5.40. The number of hydrogen-bond acceptors (Lipinski definition) is 11. The van der Waals surface area contributed by atoms with Crippen molar-refractivity contribution in [1.82, 2.24) is 30.7 Å². The van der Waals surface area contributed by atoms with E-state index in [0.29, 0.717) is 19.9 Å². The van der Waals surface area contributed by atoms with Gasteiger partial charge in [0.1, 0.15) is 30.3 Å². The normalized spacial score (nSPS) is 34.9. The Kier molecular flexibility index (Phi) is 8.98. The van der Waals surface area contributed by atoms with Gasteiger partial charge in [0.05, 0.1) is 38.8 Å². The maximum atomic E-state index is 10.9. The first kappa shape index (κ1) is 26.7. The van der Waals surface area contributed by atoms with Crippen molar-refractivity contribution < 1.29 is 19.7 Å². The van der Waals surface area contributed by atoms with Crippen LogP contribution in [0.2, 0.25) is 0 Å². The van der Waals surface area contributed by atoms with E-state index >= 15 is 0 Å². The predicted molar refractivity (Wildman–Crippen MR) is 133 cm³/mol. The predicted octanol–water partition coefficient (Wildman–Crippen LogP) is -1.55. The number of aliphatic hydroxyl groups is 2. The van der Waals surface area contributed by atoms with Crippen LogP contribution in [0.15, 0.2) is 24.3 Å². The Bertz CT molecular complexity index is 820. The summed E-state index contributed by atoms with van der Waals surface area (Å²) in [5.74, 6) is 0.849. The van der Waals surface area contributed by atoms with Crippen LogP contribution in [-0.4, -0.2) is 121 Å². The first-order valence-corrected chi connectivity index (χ1v) is 12.6. The van der Waals surface area contributed by atoms with Crippen LogP contribution in [-0.2, 0) is 4.74 Å². The van der Waals surface area contributed by atoms with E-state index in [4.69, 9.17) is 15.2 Å². The van der Waals surface area contributed by atoms with Crippen LogP contribution in [0.5, 0.6) is 5.75 Å². The van der Waals surface area contributed by atoms with E-state index in [-0.39, 0.29) is 24.4 Å². The molecule has 0 spiro atoms. The van der Waals surface area contributed by atoms with Gasteiger partial charge in [-0.2, -0.15) is 0 Å². The molecule has 8 atom stereocenters. The van der Waals surface area contributed by atoms with Crippen molar-refractivity contribution in [3.63, 3.8) is 0 Å². The molecule has 3 fully saturated rings. The number of nitrogens with one attached hydrogen (secondary N) is 3. The lowest BCUT2D eigenvalue weighted by molar-refractivity contribution is -0.130. The number of rotatable bonds is 10. The molecule has 35 heavy (non-hydrogen) atoms.